The number of anilines is 1. The average Bonchev–Trinajstić information content (AvgIpc) is 3.47. The number of ether oxygens (including phenoxy) is 1. The number of halogens is 1. The Labute approximate surface area is 145 Å². The van der Waals surface area contributed by atoms with E-state index in [1.54, 1.807) is 12.1 Å². The minimum Gasteiger partial charge on any atom is -0.476 e. The summed E-state index contributed by atoms with van der Waals surface area (Å²) in [6.45, 7) is 2.42. The van der Waals surface area contributed by atoms with Crippen LogP contribution in [0.2, 0.25) is 0 Å². The van der Waals surface area contributed by atoms with E-state index in [0.717, 1.165) is 16.8 Å². The molecular weight excluding hydrogens is 319 g/mol. The average molecular weight is 338 g/mol. The second-order valence-electron chi connectivity index (χ2n) is 6.17. The Morgan fingerprint density at radius 1 is 1.08 bits per heavy atom. The fraction of sp³-hybridized carbons (Fsp3) is 0.316. The van der Waals surface area contributed by atoms with Crippen molar-refractivity contribution in [2.75, 3.05) is 18.6 Å². The van der Waals surface area contributed by atoms with Crippen LogP contribution in [0.1, 0.15) is 19.8 Å². The number of fused-ring (bicyclic) bond motifs is 1. The third-order valence-corrected chi connectivity index (χ3v) is 4.33. The zero-order valence-corrected chi connectivity index (χ0v) is 14.2. The van der Waals surface area contributed by atoms with E-state index in [0.29, 0.717) is 30.0 Å². The quantitative estimate of drug-likeness (QED) is 0.708. The molecular formula is C19H19FN4O. The normalized spacial score (nSPS) is 13.9. The van der Waals surface area contributed by atoms with Crippen LogP contribution in [-0.2, 0) is 0 Å². The molecule has 0 saturated heterocycles. The lowest BCUT2D eigenvalue weighted by atomic mass is 10.1. The molecule has 25 heavy (non-hydrogen) atoms. The molecule has 4 rings (SSSR count). The summed E-state index contributed by atoms with van der Waals surface area (Å²) >= 11 is 0. The van der Waals surface area contributed by atoms with Gasteiger partial charge in [0, 0.05) is 18.7 Å². The lowest BCUT2D eigenvalue weighted by molar-refractivity contribution is 0.330. The highest BCUT2D eigenvalue weighted by atomic mass is 19.1. The molecule has 0 amide bonds. The molecule has 5 nitrogen and oxygen atoms in total. The molecule has 0 bridgehead atoms. The molecule has 1 aliphatic carbocycles. The van der Waals surface area contributed by atoms with Gasteiger partial charge in [0.05, 0.1) is 17.8 Å². The van der Waals surface area contributed by atoms with Gasteiger partial charge < -0.3 is 9.64 Å². The first kappa shape index (κ1) is 15.7. The third-order valence-electron chi connectivity index (χ3n) is 4.33. The van der Waals surface area contributed by atoms with E-state index in [4.69, 9.17) is 4.74 Å². The number of pyridine rings is 1. The molecule has 0 unspecified atom stereocenters. The van der Waals surface area contributed by atoms with Gasteiger partial charge >= 0.3 is 0 Å². The van der Waals surface area contributed by atoms with E-state index in [9.17, 15) is 4.39 Å². The number of hydrogen-bond donors (Lipinski definition) is 0. The Hall–Kier alpha value is -2.76. The van der Waals surface area contributed by atoms with Crippen LogP contribution < -0.4 is 9.64 Å². The van der Waals surface area contributed by atoms with Crippen LogP contribution in [0.25, 0.3) is 22.3 Å². The van der Waals surface area contributed by atoms with Crippen molar-refractivity contribution in [2.45, 2.75) is 25.8 Å². The highest BCUT2D eigenvalue weighted by Crippen LogP contribution is 2.32. The van der Waals surface area contributed by atoms with E-state index in [1.165, 1.54) is 25.0 Å². The molecule has 1 aromatic carbocycles. The molecule has 6 heteroatoms. The first-order valence-corrected chi connectivity index (χ1v) is 8.46. The van der Waals surface area contributed by atoms with Crippen LogP contribution in [0.3, 0.4) is 0 Å². The smallest absolute Gasteiger partial charge is 0.245 e. The summed E-state index contributed by atoms with van der Waals surface area (Å²) in [7, 11) is 2.01. The summed E-state index contributed by atoms with van der Waals surface area (Å²) < 4.78 is 18.9. The van der Waals surface area contributed by atoms with Gasteiger partial charge in [-0.3, -0.25) is 0 Å². The van der Waals surface area contributed by atoms with Crippen molar-refractivity contribution in [3.05, 3.63) is 42.2 Å². The predicted molar refractivity (Wildman–Crippen MR) is 95.3 cm³/mol. The van der Waals surface area contributed by atoms with E-state index in [-0.39, 0.29) is 5.82 Å². The van der Waals surface area contributed by atoms with Crippen molar-refractivity contribution >= 4 is 17.0 Å². The fourth-order valence-corrected chi connectivity index (χ4v) is 2.78. The highest BCUT2D eigenvalue weighted by Gasteiger charge is 2.28. The largest absolute Gasteiger partial charge is 0.476 e. The first-order chi connectivity index (χ1) is 12.2. The van der Waals surface area contributed by atoms with Crippen LogP contribution in [0.4, 0.5) is 10.3 Å². The maximum absolute atomic E-state index is 13.1. The molecule has 3 aromatic rings. The van der Waals surface area contributed by atoms with E-state index in [2.05, 4.69) is 19.9 Å². The van der Waals surface area contributed by atoms with Crippen molar-refractivity contribution in [1.82, 2.24) is 15.0 Å². The summed E-state index contributed by atoms with van der Waals surface area (Å²) in [4.78, 5) is 16.0. The van der Waals surface area contributed by atoms with E-state index >= 15 is 0 Å². The number of nitrogens with zero attached hydrogens (tertiary/aromatic N) is 4. The monoisotopic (exact) mass is 338 g/mol. The van der Waals surface area contributed by atoms with Gasteiger partial charge in [-0.1, -0.05) is 0 Å². The summed E-state index contributed by atoms with van der Waals surface area (Å²) in [5.74, 6) is 0.879. The minimum absolute atomic E-state index is 0.268. The second-order valence-corrected chi connectivity index (χ2v) is 6.17. The summed E-state index contributed by atoms with van der Waals surface area (Å²) in [6, 6.07) is 10.6. The van der Waals surface area contributed by atoms with Gasteiger partial charge in [0.2, 0.25) is 11.8 Å². The minimum atomic E-state index is -0.268. The zero-order chi connectivity index (χ0) is 17.4. The van der Waals surface area contributed by atoms with Gasteiger partial charge in [-0.05, 0) is 56.2 Å². The summed E-state index contributed by atoms with van der Waals surface area (Å²) in [5, 5.41) is 0. The first-order valence-electron chi connectivity index (χ1n) is 8.46. The van der Waals surface area contributed by atoms with Crippen LogP contribution in [0.5, 0.6) is 5.88 Å². The Bertz CT molecular complexity index is 909. The van der Waals surface area contributed by atoms with Gasteiger partial charge in [-0.15, -0.1) is 0 Å². The second kappa shape index (κ2) is 6.27. The molecule has 0 aliphatic heterocycles. The highest BCUT2D eigenvalue weighted by molar-refractivity contribution is 5.83. The van der Waals surface area contributed by atoms with Crippen molar-refractivity contribution < 1.29 is 9.13 Å². The number of aromatic nitrogens is 3. The summed E-state index contributed by atoms with van der Waals surface area (Å²) in [6.07, 6.45) is 2.34. The van der Waals surface area contributed by atoms with Gasteiger partial charge in [-0.25, -0.2) is 14.4 Å². The van der Waals surface area contributed by atoms with E-state index in [1.807, 2.05) is 26.1 Å². The van der Waals surface area contributed by atoms with Gasteiger partial charge in [-0.2, -0.15) is 4.98 Å². The van der Waals surface area contributed by atoms with Crippen molar-refractivity contribution in [3.8, 4) is 17.1 Å². The lowest BCUT2D eigenvalue weighted by Gasteiger charge is -2.17. The molecule has 1 saturated carbocycles. The third kappa shape index (κ3) is 3.12. The molecule has 1 fully saturated rings. The molecule has 2 heterocycles. The maximum Gasteiger partial charge on any atom is 0.245 e. The standard InChI is InChI=1S/C19H19FN4O/c1-3-25-18-17-16(22-19(23-18)24(2)14-8-9-14)11-10-15(21-17)12-4-6-13(20)7-5-12/h4-7,10-11,14H,3,8-9H2,1-2H3. The van der Waals surface area contributed by atoms with Crippen molar-refractivity contribution in [2.24, 2.45) is 0 Å². The van der Waals surface area contributed by atoms with Crippen molar-refractivity contribution in [1.29, 1.82) is 0 Å². The number of hydrogen-bond acceptors (Lipinski definition) is 5. The predicted octanol–water partition coefficient (Wildman–Crippen LogP) is 3.83. The summed E-state index contributed by atoms with van der Waals surface area (Å²) in [5.41, 5.74) is 2.94. The molecule has 0 N–H and O–H groups in total. The molecule has 1 aliphatic rings. The number of rotatable bonds is 5. The fourth-order valence-electron chi connectivity index (χ4n) is 2.78. The molecule has 0 atom stereocenters. The van der Waals surface area contributed by atoms with Gasteiger partial charge in [0.25, 0.3) is 0 Å². The van der Waals surface area contributed by atoms with Crippen molar-refractivity contribution in [3.63, 3.8) is 0 Å². The molecule has 2 aromatic heterocycles. The molecule has 0 radical (unpaired) electrons. The Balaban J connectivity index is 1.81. The maximum atomic E-state index is 13.1. The number of benzene rings is 1. The Morgan fingerprint density at radius 2 is 1.84 bits per heavy atom. The Morgan fingerprint density at radius 3 is 2.52 bits per heavy atom. The Kier molecular flexibility index (Phi) is 3.95. The van der Waals surface area contributed by atoms with Crippen LogP contribution in [0.15, 0.2) is 36.4 Å². The van der Waals surface area contributed by atoms with Crippen LogP contribution >= 0.6 is 0 Å². The van der Waals surface area contributed by atoms with E-state index < -0.39 is 0 Å². The van der Waals surface area contributed by atoms with Crippen LogP contribution in [-0.4, -0.2) is 34.6 Å². The van der Waals surface area contributed by atoms with Gasteiger partial charge in [0.1, 0.15) is 5.82 Å². The molecule has 128 valence electrons. The topological polar surface area (TPSA) is 51.1 Å². The lowest BCUT2D eigenvalue weighted by Crippen LogP contribution is -2.22. The van der Waals surface area contributed by atoms with Gasteiger partial charge in [0.15, 0.2) is 5.52 Å². The van der Waals surface area contributed by atoms with Crippen LogP contribution in [0, 0.1) is 5.82 Å². The molecule has 0 spiro atoms. The SMILES string of the molecule is CCOc1nc(N(C)C2CC2)nc2ccc(-c3ccc(F)cc3)nc12. The zero-order valence-electron chi connectivity index (χ0n) is 14.2.